The van der Waals surface area contributed by atoms with Crippen molar-refractivity contribution in [3.8, 4) is 0 Å². The number of thiophene rings is 1. The topological polar surface area (TPSA) is 46.3 Å². The Bertz CT molecular complexity index is 398. The van der Waals surface area contributed by atoms with Crippen molar-refractivity contribution in [2.24, 2.45) is 5.73 Å². The van der Waals surface area contributed by atoms with Crippen LogP contribution in [0.15, 0.2) is 15.9 Å². The van der Waals surface area contributed by atoms with E-state index in [-0.39, 0.29) is 11.4 Å². The molecule has 0 fully saturated rings. The first-order valence-electron chi connectivity index (χ1n) is 6.04. The Morgan fingerprint density at radius 1 is 1.56 bits per heavy atom. The summed E-state index contributed by atoms with van der Waals surface area (Å²) in [5, 5.41) is 2.06. The molecule has 1 aromatic rings. The summed E-state index contributed by atoms with van der Waals surface area (Å²) in [4.78, 5) is 15.0. The van der Waals surface area contributed by atoms with Crippen molar-refractivity contribution < 1.29 is 4.79 Å². The Balaban J connectivity index is 2.32. The number of hydrogen-bond donors (Lipinski definition) is 1. The van der Waals surface area contributed by atoms with Crippen molar-refractivity contribution in [1.29, 1.82) is 0 Å². The highest BCUT2D eigenvalue weighted by Crippen LogP contribution is 2.20. The van der Waals surface area contributed by atoms with Gasteiger partial charge in [-0.3, -0.25) is 4.79 Å². The molecule has 0 saturated carbocycles. The first-order chi connectivity index (χ1) is 8.28. The highest BCUT2D eigenvalue weighted by molar-refractivity contribution is 9.10. The predicted molar refractivity (Wildman–Crippen MR) is 80.9 cm³/mol. The summed E-state index contributed by atoms with van der Waals surface area (Å²) in [6, 6.07) is 2.10. The third kappa shape index (κ3) is 5.98. The lowest BCUT2D eigenvalue weighted by molar-refractivity contribution is -0.130. The molecule has 102 valence electrons. The van der Waals surface area contributed by atoms with Crippen LogP contribution in [-0.2, 0) is 11.2 Å². The number of hydrogen-bond acceptors (Lipinski definition) is 3. The molecule has 0 bridgehead atoms. The van der Waals surface area contributed by atoms with Crippen LogP contribution < -0.4 is 5.73 Å². The summed E-state index contributed by atoms with van der Waals surface area (Å²) in [7, 11) is 1.86. The molecule has 0 radical (unpaired) electrons. The van der Waals surface area contributed by atoms with Gasteiger partial charge in [0.1, 0.15) is 0 Å². The molecule has 0 spiro atoms. The predicted octanol–water partition coefficient (Wildman–Crippen LogP) is 3.03. The van der Waals surface area contributed by atoms with Gasteiger partial charge in [0.2, 0.25) is 5.91 Å². The molecule has 0 atom stereocenters. The number of amides is 1. The van der Waals surface area contributed by atoms with Crippen LogP contribution in [0.5, 0.6) is 0 Å². The maximum atomic E-state index is 11.9. The second kappa shape index (κ2) is 6.68. The van der Waals surface area contributed by atoms with Crippen LogP contribution in [0.2, 0.25) is 0 Å². The Labute approximate surface area is 121 Å². The lowest BCUT2D eigenvalue weighted by atomic mass is 10.00. The summed E-state index contributed by atoms with van der Waals surface area (Å²) < 4.78 is 1.11. The van der Waals surface area contributed by atoms with Gasteiger partial charge < -0.3 is 10.6 Å². The molecule has 18 heavy (non-hydrogen) atoms. The molecule has 1 amide bonds. The molecule has 0 aliphatic heterocycles. The molecule has 5 heteroatoms. The van der Waals surface area contributed by atoms with E-state index in [0.29, 0.717) is 6.42 Å². The van der Waals surface area contributed by atoms with Gasteiger partial charge in [-0.25, -0.2) is 0 Å². The Hall–Kier alpha value is -0.390. The molecule has 0 aromatic carbocycles. The van der Waals surface area contributed by atoms with Crippen molar-refractivity contribution in [3.63, 3.8) is 0 Å². The van der Waals surface area contributed by atoms with Crippen LogP contribution in [0, 0.1) is 0 Å². The fraction of sp³-hybridized carbons (Fsp3) is 0.615. The van der Waals surface area contributed by atoms with Crippen LogP contribution >= 0.6 is 27.3 Å². The van der Waals surface area contributed by atoms with Gasteiger partial charge in [-0.15, -0.1) is 11.3 Å². The molecule has 1 rings (SSSR count). The van der Waals surface area contributed by atoms with Gasteiger partial charge in [-0.05, 0) is 48.7 Å². The van der Waals surface area contributed by atoms with Crippen LogP contribution in [0.25, 0.3) is 0 Å². The molecular weight excluding hydrogens is 312 g/mol. The largest absolute Gasteiger partial charge is 0.345 e. The zero-order valence-electron chi connectivity index (χ0n) is 11.2. The second-order valence-electron chi connectivity index (χ2n) is 5.29. The Morgan fingerprint density at radius 2 is 2.22 bits per heavy atom. The van der Waals surface area contributed by atoms with Crippen molar-refractivity contribution in [1.82, 2.24) is 4.90 Å². The first kappa shape index (κ1) is 15.7. The minimum absolute atomic E-state index is 0.171. The van der Waals surface area contributed by atoms with Gasteiger partial charge in [0, 0.05) is 40.3 Å². The fourth-order valence-electron chi connectivity index (χ4n) is 1.51. The van der Waals surface area contributed by atoms with E-state index in [9.17, 15) is 4.79 Å². The summed E-state index contributed by atoms with van der Waals surface area (Å²) in [6.45, 7) is 4.66. The van der Waals surface area contributed by atoms with Gasteiger partial charge >= 0.3 is 0 Å². The molecule has 3 nitrogen and oxygen atoms in total. The normalized spacial score (nSPS) is 11.6. The molecule has 0 aliphatic rings. The summed E-state index contributed by atoms with van der Waals surface area (Å²) in [5.74, 6) is 0.171. The van der Waals surface area contributed by atoms with E-state index in [0.717, 1.165) is 23.9 Å². The number of carbonyl (C=O) groups is 1. The van der Waals surface area contributed by atoms with E-state index in [1.807, 2.05) is 20.9 Å². The lowest BCUT2D eigenvalue weighted by Crippen LogP contribution is -2.35. The van der Waals surface area contributed by atoms with Crippen molar-refractivity contribution >= 4 is 33.2 Å². The number of likely N-dealkylation sites (N-methyl/N-ethyl adjacent to an activating group) is 1. The molecule has 0 saturated heterocycles. The average Bonchev–Trinajstić information content (AvgIpc) is 2.67. The van der Waals surface area contributed by atoms with E-state index >= 15 is 0 Å². The Morgan fingerprint density at radius 3 is 2.72 bits per heavy atom. The molecule has 2 N–H and O–H groups in total. The van der Waals surface area contributed by atoms with E-state index in [4.69, 9.17) is 5.73 Å². The van der Waals surface area contributed by atoms with Crippen LogP contribution in [-0.4, -0.2) is 29.9 Å². The first-order valence-corrected chi connectivity index (χ1v) is 7.71. The maximum absolute atomic E-state index is 11.9. The summed E-state index contributed by atoms with van der Waals surface area (Å²) in [6.07, 6.45) is 2.15. The SMILES string of the molecule is CN(CCc1cc(Br)cs1)C(=O)CCC(C)(C)N. The minimum atomic E-state index is -0.269. The van der Waals surface area contributed by atoms with Crippen molar-refractivity contribution in [2.45, 2.75) is 38.6 Å². The molecule has 0 aliphatic carbocycles. The smallest absolute Gasteiger partial charge is 0.222 e. The summed E-state index contributed by atoms with van der Waals surface area (Å²) in [5.41, 5.74) is 5.61. The third-order valence-electron chi connectivity index (χ3n) is 2.72. The quantitative estimate of drug-likeness (QED) is 0.870. The molecule has 1 aromatic heterocycles. The summed E-state index contributed by atoms with van der Waals surface area (Å²) >= 11 is 5.15. The molecule has 1 heterocycles. The number of halogens is 1. The highest BCUT2D eigenvalue weighted by Gasteiger charge is 2.15. The third-order valence-corrected chi connectivity index (χ3v) is 4.48. The van der Waals surface area contributed by atoms with E-state index < -0.39 is 0 Å². The van der Waals surface area contributed by atoms with Crippen molar-refractivity contribution in [2.75, 3.05) is 13.6 Å². The molecular formula is C13H21BrN2OS. The maximum Gasteiger partial charge on any atom is 0.222 e. The van der Waals surface area contributed by atoms with Gasteiger partial charge in [0.05, 0.1) is 0 Å². The molecule has 0 unspecified atom stereocenters. The van der Waals surface area contributed by atoms with E-state index in [1.165, 1.54) is 4.88 Å². The minimum Gasteiger partial charge on any atom is -0.345 e. The van der Waals surface area contributed by atoms with E-state index in [1.54, 1.807) is 16.2 Å². The standard InChI is InChI=1S/C13H21BrN2OS/c1-13(2,15)6-4-12(17)16(3)7-5-11-8-10(14)9-18-11/h8-9H,4-7,15H2,1-3H3. The van der Waals surface area contributed by atoms with Crippen LogP contribution in [0.4, 0.5) is 0 Å². The fourth-order valence-corrected chi connectivity index (χ4v) is 2.95. The van der Waals surface area contributed by atoms with Gasteiger partial charge in [-0.2, -0.15) is 0 Å². The zero-order valence-corrected chi connectivity index (χ0v) is 13.6. The number of rotatable bonds is 6. The van der Waals surface area contributed by atoms with E-state index in [2.05, 4.69) is 27.4 Å². The zero-order chi connectivity index (χ0) is 13.8. The van der Waals surface area contributed by atoms with Gasteiger partial charge in [0.15, 0.2) is 0 Å². The highest BCUT2D eigenvalue weighted by atomic mass is 79.9. The monoisotopic (exact) mass is 332 g/mol. The van der Waals surface area contributed by atoms with Crippen molar-refractivity contribution in [3.05, 3.63) is 20.8 Å². The Kier molecular flexibility index (Phi) is 5.82. The van der Waals surface area contributed by atoms with Crippen LogP contribution in [0.3, 0.4) is 0 Å². The number of carbonyl (C=O) groups excluding carboxylic acids is 1. The second-order valence-corrected chi connectivity index (χ2v) is 7.20. The van der Waals surface area contributed by atoms with Gasteiger partial charge in [0.25, 0.3) is 0 Å². The van der Waals surface area contributed by atoms with Gasteiger partial charge in [-0.1, -0.05) is 0 Å². The van der Waals surface area contributed by atoms with Crippen LogP contribution in [0.1, 0.15) is 31.6 Å². The average molecular weight is 333 g/mol. The number of nitrogens with two attached hydrogens (primary N) is 1. The number of nitrogens with zero attached hydrogens (tertiary/aromatic N) is 1. The lowest BCUT2D eigenvalue weighted by Gasteiger charge is -2.21.